The number of carbonyl (C=O) groups is 1. The van der Waals surface area contributed by atoms with Crippen molar-refractivity contribution in [3.05, 3.63) is 53.4 Å². The van der Waals surface area contributed by atoms with Gasteiger partial charge >= 0.3 is 0 Å². The maximum Gasteiger partial charge on any atom is 0.184 e. The molecular formula is C13H16N4O2. The van der Waals surface area contributed by atoms with Crippen LogP contribution in [0.2, 0.25) is 0 Å². The van der Waals surface area contributed by atoms with Gasteiger partial charge in [-0.2, -0.15) is 5.10 Å². The van der Waals surface area contributed by atoms with E-state index in [1.165, 1.54) is 6.08 Å². The summed E-state index contributed by atoms with van der Waals surface area (Å²) in [5.41, 5.74) is 7.67. The second kappa shape index (κ2) is 6.85. The lowest BCUT2D eigenvalue weighted by Crippen LogP contribution is -2.15. The number of hydrazone groups is 1. The van der Waals surface area contributed by atoms with E-state index in [-0.39, 0.29) is 11.6 Å². The average molecular weight is 260 g/mol. The number of aldehydes is 1. The lowest BCUT2D eigenvalue weighted by Gasteiger charge is -2.06. The molecule has 19 heavy (non-hydrogen) atoms. The van der Waals surface area contributed by atoms with Crippen LogP contribution < -0.4 is 16.9 Å². The molecule has 0 aliphatic heterocycles. The molecule has 0 bridgehead atoms. The average Bonchev–Trinajstić information content (AvgIpc) is 2.45. The summed E-state index contributed by atoms with van der Waals surface area (Å²) in [6.45, 7) is 0. The summed E-state index contributed by atoms with van der Waals surface area (Å²) < 4.78 is 0. The fourth-order valence-corrected chi connectivity index (χ4v) is 1.49. The number of allylic oxidation sites excluding steroid dienone is 3. The van der Waals surface area contributed by atoms with E-state index in [9.17, 15) is 9.90 Å². The highest BCUT2D eigenvalue weighted by molar-refractivity contribution is 5.98. The molecule has 0 atom stereocenters. The zero-order valence-corrected chi connectivity index (χ0v) is 10.5. The van der Waals surface area contributed by atoms with E-state index in [1.807, 2.05) is 6.07 Å². The summed E-state index contributed by atoms with van der Waals surface area (Å²) in [7, 11) is 1.71. The number of rotatable bonds is 5. The predicted molar refractivity (Wildman–Crippen MR) is 75.2 cm³/mol. The van der Waals surface area contributed by atoms with Crippen LogP contribution >= 0.6 is 0 Å². The van der Waals surface area contributed by atoms with Gasteiger partial charge in [0.25, 0.3) is 0 Å². The van der Waals surface area contributed by atoms with Crippen molar-refractivity contribution >= 4 is 17.7 Å². The summed E-state index contributed by atoms with van der Waals surface area (Å²) in [4.78, 5) is 10.5. The Morgan fingerprint density at radius 3 is 2.68 bits per heavy atom. The molecule has 6 N–H and O–H groups in total. The van der Waals surface area contributed by atoms with Gasteiger partial charge < -0.3 is 22.0 Å². The van der Waals surface area contributed by atoms with Crippen molar-refractivity contribution in [1.82, 2.24) is 5.32 Å². The number of nitrogens with zero attached hydrogens (tertiary/aromatic N) is 1. The minimum Gasteiger partial charge on any atom is -0.505 e. The first-order valence-electron chi connectivity index (χ1n) is 5.49. The second-order valence-electron chi connectivity index (χ2n) is 3.67. The molecule has 0 saturated carbocycles. The van der Waals surface area contributed by atoms with Crippen molar-refractivity contribution < 1.29 is 9.90 Å². The smallest absolute Gasteiger partial charge is 0.184 e. The van der Waals surface area contributed by atoms with Crippen LogP contribution in [0.25, 0.3) is 5.57 Å². The SMILES string of the molecule is CN/C=C(\C=C(\O)C=O)c1cccc(/C(N)=N/N)c1. The Hall–Kier alpha value is -2.76. The van der Waals surface area contributed by atoms with Crippen molar-refractivity contribution in [2.75, 3.05) is 7.05 Å². The Morgan fingerprint density at radius 1 is 1.42 bits per heavy atom. The maximum absolute atomic E-state index is 10.5. The molecule has 0 fully saturated rings. The Labute approximate surface area is 111 Å². The molecule has 0 saturated heterocycles. The van der Waals surface area contributed by atoms with Gasteiger partial charge in [-0.05, 0) is 17.7 Å². The van der Waals surface area contributed by atoms with Gasteiger partial charge in [-0.25, -0.2) is 0 Å². The molecule has 0 amide bonds. The number of aliphatic hydroxyl groups excluding tert-OH is 1. The summed E-state index contributed by atoms with van der Waals surface area (Å²) >= 11 is 0. The molecule has 6 nitrogen and oxygen atoms in total. The molecule has 0 spiro atoms. The fourth-order valence-electron chi connectivity index (χ4n) is 1.49. The minimum absolute atomic E-state index is 0.203. The molecule has 100 valence electrons. The van der Waals surface area contributed by atoms with Crippen molar-refractivity contribution in [3.8, 4) is 0 Å². The molecule has 0 radical (unpaired) electrons. The molecule has 0 heterocycles. The Kier molecular flexibility index (Phi) is 5.16. The Bertz CT molecular complexity index is 547. The van der Waals surface area contributed by atoms with Crippen LogP contribution in [-0.4, -0.2) is 24.3 Å². The highest BCUT2D eigenvalue weighted by atomic mass is 16.3. The van der Waals surface area contributed by atoms with Crippen LogP contribution in [0.3, 0.4) is 0 Å². The highest BCUT2D eigenvalue weighted by Crippen LogP contribution is 2.17. The molecule has 1 rings (SSSR count). The van der Waals surface area contributed by atoms with E-state index in [4.69, 9.17) is 11.6 Å². The van der Waals surface area contributed by atoms with E-state index >= 15 is 0 Å². The lowest BCUT2D eigenvalue weighted by atomic mass is 10.0. The van der Waals surface area contributed by atoms with Crippen LogP contribution in [0, 0.1) is 0 Å². The van der Waals surface area contributed by atoms with Crippen LogP contribution in [-0.2, 0) is 4.79 Å². The van der Waals surface area contributed by atoms with Crippen LogP contribution in [0.1, 0.15) is 11.1 Å². The van der Waals surface area contributed by atoms with Gasteiger partial charge in [-0.1, -0.05) is 18.2 Å². The summed E-state index contributed by atoms with van der Waals surface area (Å²) in [6, 6.07) is 7.10. The van der Waals surface area contributed by atoms with Gasteiger partial charge in [0.2, 0.25) is 0 Å². The van der Waals surface area contributed by atoms with Crippen LogP contribution in [0.5, 0.6) is 0 Å². The number of nitrogens with two attached hydrogens (primary N) is 2. The number of hydrogen-bond acceptors (Lipinski definition) is 5. The number of hydrogen-bond donors (Lipinski definition) is 4. The second-order valence-corrected chi connectivity index (χ2v) is 3.67. The molecular weight excluding hydrogens is 244 g/mol. The Balaban J connectivity index is 3.25. The molecule has 1 aromatic rings. The normalized spacial score (nSPS) is 13.2. The first-order chi connectivity index (χ1) is 9.12. The third kappa shape index (κ3) is 3.88. The van der Waals surface area contributed by atoms with Gasteiger partial charge in [-0.3, -0.25) is 4.79 Å². The van der Waals surface area contributed by atoms with E-state index in [1.54, 1.807) is 31.4 Å². The molecule has 1 aromatic carbocycles. The highest BCUT2D eigenvalue weighted by Gasteiger charge is 2.04. The number of carbonyl (C=O) groups excluding carboxylic acids is 1. The third-order valence-electron chi connectivity index (χ3n) is 2.35. The lowest BCUT2D eigenvalue weighted by molar-refractivity contribution is -0.106. The quantitative estimate of drug-likeness (QED) is 0.0898. The number of benzene rings is 1. The van der Waals surface area contributed by atoms with Gasteiger partial charge in [0.1, 0.15) is 5.84 Å². The zero-order valence-electron chi connectivity index (χ0n) is 10.5. The van der Waals surface area contributed by atoms with E-state index in [0.29, 0.717) is 17.4 Å². The molecule has 0 unspecified atom stereocenters. The topological polar surface area (TPSA) is 114 Å². The largest absolute Gasteiger partial charge is 0.505 e. The van der Waals surface area contributed by atoms with E-state index in [0.717, 1.165) is 5.56 Å². The predicted octanol–water partition coefficient (Wildman–Crippen LogP) is 0.467. The van der Waals surface area contributed by atoms with E-state index in [2.05, 4.69) is 10.4 Å². The summed E-state index contributed by atoms with van der Waals surface area (Å²) in [5.74, 6) is 4.96. The first-order valence-corrected chi connectivity index (χ1v) is 5.49. The van der Waals surface area contributed by atoms with Gasteiger partial charge in [-0.15, -0.1) is 0 Å². The number of nitrogens with one attached hydrogen (secondary N) is 1. The molecule has 6 heteroatoms. The molecule has 0 aliphatic carbocycles. The maximum atomic E-state index is 10.5. The summed E-state index contributed by atoms with van der Waals surface area (Å²) in [5, 5.41) is 15.6. The van der Waals surface area contributed by atoms with E-state index < -0.39 is 0 Å². The number of aliphatic hydroxyl groups is 1. The van der Waals surface area contributed by atoms with Gasteiger partial charge in [0, 0.05) is 24.4 Å². The van der Waals surface area contributed by atoms with Crippen molar-refractivity contribution in [2.45, 2.75) is 0 Å². The van der Waals surface area contributed by atoms with Crippen molar-refractivity contribution in [3.63, 3.8) is 0 Å². The Morgan fingerprint density at radius 2 is 2.11 bits per heavy atom. The van der Waals surface area contributed by atoms with Crippen LogP contribution in [0.15, 0.2) is 47.4 Å². The first kappa shape index (κ1) is 14.3. The van der Waals surface area contributed by atoms with Gasteiger partial charge in [0.15, 0.2) is 12.0 Å². The fraction of sp³-hybridized carbons (Fsp3) is 0.0769. The zero-order chi connectivity index (χ0) is 14.3. The van der Waals surface area contributed by atoms with Crippen LogP contribution in [0.4, 0.5) is 0 Å². The summed E-state index contributed by atoms with van der Waals surface area (Å²) in [6.07, 6.45) is 3.36. The molecule has 0 aliphatic rings. The standard InChI is InChI=1S/C13H16N4O2/c1-16-7-11(6-12(19)8-18)9-3-2-4-10(5-9)13(14)17-15/h2-8,16,19H,15H2,1H3,(H2,14,17)/b11-7+,12-6+. The molecule has 0 aromatic heterocycles. The third-order valence-corrected chi connectivity index (χ3v) is 2.35. The minimum atomic E-state index is -0.368. The van der Waals surface area contributed by atoms with Gasteiger partial charge in [0.05, 0.1) is 0 Å². The monoisotopic (exact) mass is 260 g/mol. The van der Waals surface area contributed by atoms with Crippen molar-refractivity contribution in [2.24, 2.45) is 16.7 Å². The van der Waals surface area contributed by atoms with Crippen molar-refractivity contribution in [1.29, 1.82) is 0 Å². The number of amidine groups is 1.